The van der Waals surface area contributed by atoms with Crippen molar-refractivity contribution in [2.24, 2.45) is 0 Å². The van der Waals surface area contributed by atoms with Crippen LogP contribution < -0.4 is 0 Å². The molecular formula is C64H106O6. The van der Waals surface area contributed by atoms with Crippen LogP contribution in [0.5, 0.6) is 0 Å². The van der Waals surface area contributed by atoms with Crippen LogP contribution in [0.2, 0.25) is 0 Å². The Morgan fingerprint density at radius 1 is 0.314 bits per heavy atom. The van der Waals surface area contributed by atoms with Gasteiger partial charge in [0, 0.05) is 19.3 Å². The van der Waals surface area contributed by atoms with Crippen LogP contribution in [0.15, 0.2) is 109 Å². The average Bonchev–Trinajstić information content (AvgIpc) is 3.36. The van der Waals surface area contributed by atoms with E-state index in [0.29, 0.717) is 19.3 Å². The van der Waals surface area contributed by atoms with Crippen molar-refractivity contribution in [2.45, 2.75) is 264 Å². The maximum absolute atomic E-state index is 12.9. The van der Waals surface area contributed by atoms with Gasteiger partial charge in [-0.05, 0) is 70.6 Å². The highest BCUT2D eigenvalue weighted by Gasteiger charge is 2.19. The van der Waals surface area contributed by atoms with Crippen molar-refractivity contribution in [2.75, 3.05) is 13.2 Å². The fraction of sp³-hybridized carbons (Fsp3) is 0.672. The van der Waals surface area contributed by atoms with Crippen molar-refractivity contribution < 1.29 is 28.6 Å². The summed E-state index contributed by atoms with van der Waals surface area (Å²) in [6.07, 6.45) is 77.8. The highest BCUT2D eigenvalue weighted by Crippen LogP contribution is 2.16. The van der Waals surface area contributed by atoms with Gasteiger partial charge in [-0.15, -0.1) is 0 Å². The second-order valence-corrected chi connectivity index (χ2v) is 19.0. The quantitative estimate of drug-likeness (QED) is 0.0199. The molecule has 0 aromatic carbocycles. The molecule has 0 amide bonds. The van der Waals surface area contributed by atoms with E-state index in [0.717, 1.165) is 83.5 Å². The number of allylic oxidation sites excluding steroid dienone is 18. The molecule has 0 aliphatic carbocycles. The molecule has 0 saturated heterocycles. The summed E-state index contributed by atoms with van der Waals surface area (Å²) in [5.74, 6) is -0.946. The van der Waals surface area contributed by atoms with Crippen LogP contribution >= 0.6 is 0 Å². The normalized spacial score (nSPS) is 12.9. The summed E-state index contributed by atoms with van der Waals surface area (Å²) >= 11 is 0. The van der Waals surface area contributed by atoms with Crippen LogP contribution in [0.4, 0.5) is 0 Å². The van der Waals surface area contributed by atoms with E-state index < -0.39 is 6.10 Å². The summed E-state index contributed by atoms with van der Waals surface area (Å²) in [5, 5.41) is 0. The summed E-state index contributed by atoms with van der Waals surface area (Å²) in [5.41, 5.74) is 0. The summed E-state index contributed by atoms with van der Waals surface area (Å²) in [6, 6.07) is 0. The molecule has 0 aromatic rings. The minimum Gasteiger partial charge on any atom is -0.462 e. The fourth-order valence-electron chi connectivity index (χ4n) is 7.87. The lowest BCUT2D eigenvalue weighted by atomic mass is 10.0. The van der Waals surface area contributed by atoms with Crippen LogP contribution in [0, 0.1) is 0 Å². The third-order valence-corrected chi connectivity index (χ3v) is 12.2. The van der Waals surface area contributed by atoms with Crippen molar-refractivity contribution >= 4 is 17.9 Å². The van der Waals surface area contributed by atoms with Gasteiger partial charge in [-0.3, -0.25) is 14.4 Å². The van der Waals surface area contributed by atoms with Crippen LogP contribution in [0.1, 0.15) is 258 Å². The van der Waals surface area contributed by atoms with Crippen molar-refractivity contribution in [3.8, 4) is 0 Å². The highest BCUT2D eigenvalue weighted by atomic mass is 16.6. The van der Waals surface area contributed by atoms with Gasteiger partial charge in [-0.2, -0.15) is 0 Å². The molecule has 0 aliphatic heterocycles. The third-order valence-electron chi connectivity index (χ3n) is 12.2. The molecule has 0 aromatic heterocycles. The predicted molar refractivity (Wildman–Crippen MR) is 302 cm³/mol. The Morgan fingerprint density at radius 2 is 0.614 bits per heavy atom. The van der Waals surface area contributed by atoms with Gasteiger partial charge in [0.25, 0.3) is 0 Å². The van der Waals surface area contributed by atoms with Crippen molar-refractivity contribution in [1.29, 1.82) is 0 Å². The Morgan fingerprint density at radius 3 is 1.03 bits per heavy atom. The number of unbranched alkanes of at least 4 members (excludes halogenated alkanes) is 28. The molecule has 0 aliphatic rings. The summed E-state index contributed by atoms with van der Waals surface area (Å²) in [4.78, 5) is 38.2. The van der Waals surface area contributed by atoms with Crippen molar-refractivity contribution in [3.63, 3.8) is 0 Å². The Hall–Kier alpha value is -3.93. The number of rotatable bonds is 51. The molecule has 0 rings (SSSR count). The number of hydrogen-bond acceptors (Lipinski definition) is 6. The molecule has 0 bridgehead atoms. The summed E-state index contributed by atoms with van der Waals surface area (Å²) < 4.78 is 16.8. The van der Waals surface area contributed by atoms with Gasteiger partial charge in [0.2, 0.25) is 0 Å². The van der Waals surface area contributed by atoms with E-state index >= 15 is 0 Å². The molecule has 1 unspecified atom stereocenters. The van der Waals surface area contributed by atoms with E-state index in [-0.39, 0.29) is 31.1 Å². The maximum Gasteiger partial charge on any atom is 0.306 e. The number of esters is 3. The molecule has 0 saturated carbocycles. The van der Waals surface area contributed by atoms with E-state index in [1.807, 2.05) is 72.9 Å². The topological polar surface area (TPSA) is 78.9 Å². The third kappa shape index (κ3) is 55.0. The first-order valence-electron chi connectivity index (χ1n) is 29.0. The molecule has 0 fully saturated rings. The second-order valence-electron chi connectivity index (χ2n) is 19.0. The minimum absolute atomic E-state index is 0.0957. The second kappa shape index (κ2) is 57.6. The zero-order valence-corrected chi connectivity index (χ0v) is 45.5. The van der Waals surface area contributed by atoms with Crippen LogP contribution in [-0.4, -0.2) is 37.2 Å². The van der Waals surface area contributed by atoms with E-state index in [2.05, 4.69) is 57.2 Å². The van der Waals surface area contributed by atoms with Gasteiger partial charge in [0.15, 0.2) is 6.10 Å². The first-order chi connectivity index (χ1) is 34.5. The molecule has 0 N–H and O–H groups in total. The SMILES string of the molecule is CC\C=C/C=C\C=C/C=C\C=C\C=C/C=C\CCCCCC(=O)OCC(COC(=O)CCCCCCCCCCCCCCCCCC)OC(=O)CCCCCCCCC/C=C\C/C=C\CCCCC. The number of ether oxygens (including phenoxy) is 3. The van der Waals surface area contributed by atoms with Gasteiger partial charge in [-0.25, -0.2) is 0 Å². The zero-order valence-electron chi connectivity index (χ0n) is 45.5. The smallest absolute Gasteiger partial charge is 0.306 e. The highest BCUT2D eigenvalue weighted by molar-refractivity contribution is 5.71. The Kier molecular flexibility index (Phi) is 54.4. The first-order valence-corrected chi connectivity index (χ1v) is 29.0. The molecule has 70 heavy (non-hydrogen) atoms. The lowest BCUT2D eigenvalue weighted by Crippen LogP contribution is -2.30. The standard InChI is InChI=1S/C64H106O6/c1-4-7-10-13-16-19-22-25-28-31-32-34-36-39-42-45-48-51-54-57-63(66)69-60-61(59-68-62(65)56-53-50-47-44-41-38-35-30-27-24-21-18-15-12-9-6-3)70-64(67)58-55-52-49-46-43-40-37-33-29-26-23-20-17-14-11-8-5-2/h7,10,13,16-17,19-20,22,25-26,28-29,31-32,34,36,39,42,61H,4-6,8-9,11-12,14-15,18,21,23-24,27,30,33,35,37-38,40-41,43-60H2,1-3H3/b10-7-,16-13-,20-17-,22-19-,28-25-,29-26-,32-31+,36-34-,42-39-. The van der Waals surface area contributed by atoms with Crippen molar-refractivity contribution in [1.82, 2.24) is 0 Å². The molecular weight excluding hydrogens is 865 g/mol. The molecule has 398 valence electrons. The zero-order chi connectivity index (χ0) is 50.7. The monoisotopic (exact) mass is 971 g/mol. The lowest BCUT2D eigenvalue weighted by Gasteiger charge is -2.18. The molecule has 0 spiro atoms. The van der Waals surface area contributed by atoms with Gasteiger partial charge in [0.1, 0.15) is 13.2 Å². The Labute approximate surface area is 431 Å². The molecule has 0 radical (unpaired) electrons. The van der Waals surface area contributed by atoms with Gasteiger partial charge in [0.05, 0.1) is 0 Å². The molecule has 1 atom stereocenters. The lowest BCUT2D eigenvalue weighted by molar-refractivity contribution is -0.167. The maximum atomic E-state index is 12.9. The van der Waals surface area contributed by atoms with Gasteiger partial charge in [-0.1, -0.05) is 278 Å². The molecule has 6 heteroatoms. The van der Waals surface area contributed by atoms with E-state index in [9.17, 15) is 14.4 Å². The first kappa shape index (κ1) is 66.1. The number of hydrogen-bond donors (Lipinski definition) is 0. The van der Waals surface area contributed by atoms with E-state index in [1.54, 1.807) is 0 Å². The Balaban J connectivity index is 4.50. The van der Waals surface area contributed by atoms with Gasteiger partial charge < -0.3 is 14.2 Å². The minimum atomic E-state index is -0.802. The largest absolute Gasteiger partial charge is 0.462 e. The predicted octanol–water partition coefficient (Wildman–Crippen LogP) is 19.5. The van der Waals surface area contributed by atoms with Crippen LogP contribution in [-0.2, 0) is 28.6 Å². The Bertz CT molecular complexity index is 1440. The number of carbonyl (C=O) groups excluding carboxylic acids is 3. The van der Waals surface area contributed by atoms with Gasteiger partial charge >= 0.3 is 17.9 Å². The summed E-state index contributed by atoms with van der Waals surface area (Å²) in [7, 11) is 0. The summed E-state index contributed by atoms with van der Waals surface area (Å²) in [6.45, 7) is 6.44. The van der Waals surface area contributed by atoms with E-state index in [4.69, 9.17) is 14.2 Å². The molecule has 0 heterocycles. The fourth-order valence-corrected chi connectivity index (χ4v) is 7.87. The van der Waals surface area contributed by atoms with Crippen LogP contribution in [0.3, 0.4) is 0 Å². The van der Waals surface area contributed by atoms with Crippen molar-refractivity contribution in [3.05, 3.63) is 109 Å². The molecule has 6 nitrogen and oxygen atoms in total. The van der Waals surface area contributed by atoms with Crippen LogP contribution in [0.25, 0.3) is 0 Å². The number of carbonyl (C=O) groups is 3. The average molecular weight is 972 g/mol. The van der Waals surface area contributed by atoms with E-state index in [1.165, 1.54) is 135 Å².